The van der Waals surface area contributed by atoms with Crippen LogP contribution in [0.2, 0.25) is 0 Å². The van der Waals surface area contributed by atoms with Gasteiger partial charge >= 0.3 is 5.97 Å². The molecule has 16 heavy (non-hydrogen) atoms. The van der Waals surface area contributed by atoms with Crippen LogP contribution in [-0.4, -0.2) is 20.5 Å². The van der Waals surface area contributed by atoms with Crippen LogP contribution < -0.4 is 0 Å². The number of carbonyl (C=O) groups is 1. The van der Waals surface area contributed by atoms with Crippen molar-refractivity contribution in [3.8, 4) is 0 Å². The molecule has 84 valence electrons. The van der Waals surface area contributed by atoms with Crippen LogP contribution in [0, 0.1) is 0 Å². The summed E-state index contributed by atoms with van der Waals surface area (Å²) in [5.74, 6) is -0.0960. The molecule has 0 aliphatic heterocycles. The highest BCUT2D eigenvalue weighted by Gasteiger charge is 2.26. The summed E-state index contributed by atoms with van der Waals surface area (Å²) >= 11 is 1.59. The highest BCUT2D eigenvalue weighted by Crippen LogP contribution is 2.39. The van der Waals surface area contributed by atoms with Crippen LogP contribution in [-0.2, 0) is 11.2 Å². The maximum absolute atomic E-state index is 10.5. The number of aromatic nitrogens is 2. The van der Waals surface area contributed by atoms with Gasteiger partial charge in [0.15, 0.2) is 4.96 Å². The molecule has 5 heteroatoms. The Kier molecular flexibility index (Phi) is 2.21. The van der Waals surface area contributed by atoms with Crippen molar-refractivity contribution in [3.63, 3.8) is 0 Å². The maximum atomic E-state index is 10.5. The molecule has 2 aromatic heterocycles. The smallest absolute Gasteiger partial charge is 0.303 e. The summed E-state index contributed by atoms with van der Waals surface area (Å²) in [4.78, 5) is 16.1. The largest absolute Gasteiger partial charge is 0.481 e. The summed E-state index contributed by atoms with van der Waals surface area (Å²) in [5, 5.41) is 10.7. The second-order valence-electron chi connectivity index (χ2n) is 4.21. The number of aliphatic carboxylic acids is 1. The summed E-state index contributed by atoms with van der Waals surface area (Å²) < 4.78 is 2.04. The van der Waals surface area contributed by atoms with Crippen molar-refractivity contribution in [1.29, 1.82) is 0 Å². The monoisotopic (exact) mass is 236 g/mol. The minimum Gasteiger partial charge on any atom is -0.481 e. The Bertz CT molecular complexity index is 539. The number of hydrogen-bond donors (Lipinski definition) is 1. The van der Waals surface area contributed by atoms with E-state index >= 15 is 0 Å². The van der Waals surface area contributed by atoms with Gasteiger partial charge in [0.05, 0.1) is 12.1 Å². The van der Waals surface area contributed by atoms with Gasteiger partial charge < -0.3 is 5.11 Å². The van der Waals surface area contributed by atoms with E-state index in [4.69, 9.17) is 5.11 Å². The highest BCUT2D eigenvalue weighted by atomic mass is 32.1. The van der Waals surface area contributed by atoms with Crippen molar-refractivity contribution in [1.82, 2.24) is 9.38 Å². The van der Waals surface area contributed by atoms with Gasteiger partial charge in [0, 0.05) is 23.2 Å². The van der Waals surface area contributed by atoms with Gasteiger partial charge in [0.1, 0.15) is 0 Å². The van der Waals surface area contributed by atoms with Crippen molar-refractivity contribution >= 4 is 22.3 Å². The van der Waals surface area contributed by atoms with Crippen molar-refractivity contribution in [3.05, 3.63) is 23.0 Å². The lowest BCUT2D eigenvalue weighted by molar-refractivity contribution is -0.136. The molecule has 0 bridgehead atoms. The normalized spacial score (nSPS) is 15.8. The first kappa shape index (κ1) is 9.84. The molecule has 0 unspecified atom stereocenters. The topological polar surface area (TPSA) is 54.6 Å². The van der Waals surface area contributed by atoms with E-state index in [1.807, 2.05) is 9.78 Å². The van der Waals surface area contributed by atoms with E-state index in [0.717, 1.165) is 10.7 Å². The predicted molar refractivity (Wildman–Crippen MR) is 61.0 cm³/mol. The molecule has 4 nitrogen and oxygen atoms in total. The lowest BCUT2D eigenvalue weighted by Gasteiger charge is -1.95. The third-order valence-electron chi connectivity index (χ3n) is 2.89. The number of imidazole rings is 1. The molecule has 3 rings (SSSR count). The summed E-state index contributed by atoms with van der Waals surface area (Å²) in [6.07, 6.45) is 5.32. The molecule has 1 N–H and O–H groups in total. The van der Waals surface area contributed by atoms with E-state index < -0.39 is 5.97 Å². The fraction of sp³-hybridized carbons (Fsp3) is 0.455. The van der Waals surface area contributed by atoms with Crippen molar-refractivity contribution < 1.29 is 9.90 Å². The van der Waals surface area contributed by atoms with Gasteiger partial charge in [0.25, 0.3) is 0 Å². The van der Waals surface area contributed by atoms with Gasteiger partial charge in [-0.2, -0.15) is 0 Å². The molecule has 0 spiro atoms. The van der Waals surface area contributed by atoms with E-state index in [1.54, 1.807) is 11.3 Å². The molecule has 0 aromatic carbocycles. The molecule has 1 saturated carbocycles. The fourth-order valence-electron chi connectivity index (χ4n) is 1.84. The van der Waals surface area contributed by atoms with E-state index in [1.165, 1.54) is 18.5 Å². The molecular formula is C11H12N2O2S. The average molecular weight is 236 g/mol. The number of hydrogen-bond acceptors (Lipinski definition) is 3. The van der Waals surface area contributed by atoms with E-state index in [2.05, 4.69) is 11.2 Å². The number of carboxylic acids is 1. The molecule has 0 atom stereocenters. The average Bonchev–Trinajstić information content (AvgIpc) is 2.89. The van der Waals surface area contributed by atoms with Crippen LogP contribution in [0.5, 0.6) is 0 Å². The number of nitrogens with zero attached hydrogens (tertiary/aromatic N) is 2. The minimum absolute atomic E-state index is 0.183. The summed E-state index contributed by atoms with van der Waals surface area (Å²) in [7, 11) is 0. The number of aryl methyl sites for hydroxylation is 1. The third kappa shape index (κ3) is 1.71. The summed E-state index contributed by atoms with van der Waals surface area (Å²) in [6.45, 7) is 0. The molecule has 0 amide bonds. The Morgan fingerprint density at radius 1 is 1.62 bits per heavy atom. The fourth-order valence-corrected chi connectivity index (χ4v) is 2.75. The van der Waals surface area contributed by atoms with Gasteiger partial charge in [-0.1, -0.05) is 0 Å². The second-order valence-corrected chi connectivity index (χ2v) is 5.05. The number of thiazole rings is 1. The van der Waals surface area contributed by atoms with Gasteiger partial charge in [-0.3, -0.25) is 9.20 Å². The zero-order chi connectivity index (χ0) is 11.1. The Hall–Kier alpha value is -1.36. The quantitative estimate of drug-likeness (QED) is 0.886. The van der Waals surface area contributed by atoms with Crippen LogP contribution >= 0.6 is 11.3 Å². The highest BCUT2D eigenvalue weighted by molar-refractivity contribution is 7.15. The van der Waals surface area contributed by atoms with Crippen LogP contribution in [0.4, 0.5) is 0 Å². The minimum atomic E-state index is -0.748. The zero-order valence-corrected chi connectivity index (χ0v) is 9.54. The lowest BCUT2D eigenvalue weighted by Crippen LogP contribution is -1.99. The first-order valence-corrected chi connectivity index (χ1v) is 6.29. The molecule has 1 aliphatic rings. The number of rotatable bonds is 4. The van der Waals surface area contributed by atoms with Gasteiger partial charge in [0.2, 0.25) is 0 Å². The maximum Gasteiger partial charge on any atom is 0.303 e. The summed E-state index contributed by atoms with van der Waals surface area (Å²) in [5.41, 5.74) is 2.23. The standard InChI is InChI=1S/C11H12N2O2S/c14-10(15)4-3-8-6-16-11-12-9(5-13(8)11)7-1-2-7/h5-7H,1-4H2,(H,14,15). The first-order chi connectivity index (χ1) is 7.74. The van der Waals surface area contributed by atoms with Gasteiger partial charge in [-0.25, -0.2) is 4.98 Å². The molecule has 2 heterocycles. The van der Waals surface area contributed by atoms with Crippen LogP contribution in [0.3, 0.4) is 0 Å². The first-order valence-electron chi connectivity index (χ1n) is 5.41. The molecule has 1 aliphatic carbocycles. The van der Waals surface area contributed by atoms with Crippen molar-refractivity contribution in [2.24, 2.45) is 0 Å². The molecule has 2 aromatic rings. The predicted octanol–water partition coefficient (Wildman–Crippen LogP) is 2.29. The second kappa shape index (κ2) is 3.59. The lowest BCUT2D eigenvalue weighted by atomic mass is 10.2. The van der Waals surface area contributed by atoms with E-state index in [-0.39, 0.29) is 6.42 Å². The summed E-state index contributed by atoms with van der Waals surface area (Å²) in [6, 6.07) is 0. The van der Waals surface area contributed by atoms with Crippen molar-refractivity contribution in [2.45, 2.75) is 31.6 Å². The Labute approximate surface area is 96.5 Å². The molecule has 0 saturated heterocycles. The zero-order valence-electron chi connectivity index (χ0n) is 8.72. The van der Waals surface area contributed by atoms with Crippen LogP contribution in [0.1, 0.15) is 36.6 Å². The van der Waals surface area contributed by atoms with Crippen LogP contribution in [0.15, 0.2) is 11.6 Å². The Morgan fingerprint density at radius 3 is 3.12 bits per heavy atom. The van der Waals surface area contributed by atoms with Gasteiger partial charge in [-0.05, 0) is 19.3 Å². The Balaban J connectivity index is 1.89. The molecule has 1 fully saturated rings. The molecule has 0 radical (unpaired) electrons. The SMILES string of the molecule is O=C(O)CCc1csc2nc(C3CC3)cn12. The van der Waals surface area contributed by atoms with E-state index in [9.17, 15) is 4.79 Å². The van der Waals surface area contributed by atoms with Gasteiger partial charge in [-0.15, -0.1) is 11.3 Å². The Morgan fingerprint density at radius 2 is 2.44 bits per heavy atom. The number of carboxylic acid groups (broad SMARTS) is 1. The van der Waals surface area contributed by atoms with Crippen molar-refractivity contribution in [2.75, 3.05) is 0 Å². The van der Waals surface area contributed by atoms with Crippen LogP contribution in [0.25, 0.3) is 4.96 Å². The molecular weight excluding hydrogens is 224 g/mol. The number of fused-ring (bicyclic) bond motifs is 1. The third-order valence-corrected chi connectivity index (χ3v) is 3.78. The van der Waals surface area contributed by atoms with E-state index in [0.29, 0.717) is 12.3 Å².